The van der Waals surface area contributed by atoms with Crippen molar-refractivity contribution in [2.75, 3.05) is 11.9 Å². The lowest BCUT2D eigenvalue weighted by Crippen LogP contribution is -2.32. The van der Waals surface area contributed by atoms with E-state index < -0.39 is 24.0 Å². The zero-order chi connectivity index (χ0) is 26.7. The summed E-state index contributed by atoms with van der Waals surface area (Å²) in [6.45, 7) is 5.73. The molecule has 0 radical (unpaired) electrons. The number of imidazole rings is 1. The van der Waals surface area contributed by atoms with Gasteiger partial charge in [-0.3, -0.25) is 0 Å². The Morgan fingerprint density at radius 1 is 1.27 bits per heavy atom. The quantitative estimate of drug-likeness (QED) is 0.225. The van der Waals surface area contributed by atoms with Gasteiger partial charge in [0, 0.05) is 19.4 Å². The average molecular weight is 537 g/mol. The molecule has 3 aromatic rings. The highest BCUT2D eigenvalue weighted by Crippen LogP contribution is 2.40. The first-order chi connectivity index (χ1) is 17.6. The molecule has 1 fully saturated rings. The number of H-pyrrole nitrogens is 1. The van der Waals surface area contributed by atoms with Gasteiger partial charge in [0.15, 0.2) is 0 Å². The predicted octanol–water partition coefficient (Wildman–Crippen LogP) is 6.05. The fourth-order valence-electron chi connectivity index (χ4n) is 4.42. The van der Waals surface area contributed by atoms with Crippen LogP contribution in [0.2, 0.25) is 5.15 Å². The van der Waals surface area contributed by atoms with Crippen molar-refractivity contribution in [3.8, 4) is 5.88 Å². The molecule has 3 aromatic heterocycles. The van der Waals surface area contributed by atoms with Crippen LogP contribution in [0.1, 0.15) is 48.5 Å². The van der Waals surface area contributed by atoms with E-state index in [0.717, 1.165) is 5.69 Å². The third kappa shape index (κ3) is 5.94. The van der Waals surface area contributed by atoms with Gasteiger partial charge >= 0.3 is 6.18 Å². The van der Waals surface area contributed by atoms with Crippen molar-refractivity contribution in [2.24, 2.45) is 5.92 Å². The van der Waals surface area contributed by atoms with Crippen LogP contribution in [0.3, 0.4) is 0 Å². The molecular formula is C25H25ClF4N6O. The Hall–Kier alpha value is -3.43. The first-order valence-electron chi connectivity index (χ1n) is 11.6. The van der Waals surface area contributed by atoms with E-state index in [4.69, 9.17) is 16.3 Å². The van der Waals surface area contributed by atoms with Gasteiger partial charge in [0.05, 0.1) is 41.3 Å². The van der Waals surface area contributed by atoms with Gasteiger partial charge in [-0.15, -0.1) is 5.73 Å². The molecule has 37 heavy (non-hydrogen) atoms. The third-order valence-electron chi connectivity index (χ3n) is 6.27. The van der Waals surface area contributed by atoms with Gasteiger partial charge < -0.3 is 14.6 Å². The van der Waals surface area contributed by atoms with E-state index in [1.807, 2.05) is 11.9 Å². The van der Waals surface area contributed by atoms with Crippen LogP contribution in [0.25, 0.3) is 5.57 Å². The molecule has 12 heteroatoms. The first kappa shape index (κ1) is 26.6. The van der Waals surface area contributed by atoms with Crippen LogP contribution in [-0.4, -0.2) is 44.2 Å². The number of aromatic nitrogens is 5. The average Bonchev–Trinajstić information content (AvgIpc) is 3.36. The van der Waals surface area contributed by atoms with Crippen molar-refractivity contribution in [2.45, 2.75) is 51.4 Å². The maximum atomic E-state index is 15.8. The highest BCUT2D eigenvalue weighted by Gasteiger charge is 2.42. The summed E-state index contributed by atoms with van der Waals surface area (Å²) in [5.74, 6) is -2.38. The predicted molar refractivity (Wildman–Crippen MR) is 131 cm³/mol. The Bertz CT molecular complexity index is 1300. The van der Waals surface area contributed by atoms with E-state index in [1.165, 1.54) is 6.20 Å². The van der Waals surface area contributed by atoms with Crippen LogP contribution in [0.4, 0.5) is 23.2 Å². The van der Waals surface area contributed by atoms with Crippen LogP contribution in [0.15, 0.2) is 37.1 Å². The van der Waals surface area contributed by atoms with Crippen molar-refractivity contribution >= 4 is 22.9 Å². The van der Waals surface area contributed by atoms with Gasteiger partial charge in [0.2, 0.25) is 5.82 Å². The smallest absolute Gasteiger partial charge is 0.391 e. The summed E-state index contributed by atoms with van der Waals surface area (Å²) in [6.07, 6.45) is 0.0555. The topological polar surface area (TPSA) is 79.8 Å². The molecule has 3 heterocycles. The molecule has 0 saturated heterocycles. The van der Waals surface area contributed by atoms with E-state index in [1.54, 1.807) is 25.5 Å². The van der Waals surface area contributed by atoms with Crippen LogP contribution in [0, 0.1) is 18.7 Å². The second-order valence-electron chi connectivity index (χ2n) is 8.85. The van der Waals surface area contributed by atoms with E-state index in [2.05, 4.69) is 37.2 Å². The number of hydrogen-bond donors (Lipinski definition) is 1. The van der Waals surface area contributed by atoms with E-state index >= 15 is 4.39 Å². The Labute approximate surface area is 216 Å². The molecule has 0 unspecified atom stereocenters. The lowest BCUT2D eigenvalue weighted by molar-refractivity contribution is -0.185. The monoisotopic (exact) mass is 536 g/mol. The number of nitrogens with zero attached hydrogens (tertiary/aromatic N) is 5. The number of rotatable bonds is 7. The number of pyridine rings is 1. The molecular weight excluding hydrogens is 512 g/mol. The largest absolute Gasteiger partial charge is 0.472 e. The second kappa shape index (κ2) is 10.9. The number of aromatic amines is 1. The molecule has 1 saturated carbocycles. The normalized spacial score (nSPS) is 17.8. The molecule has 0 bridgehead atoms. The van der Waals surface area contributed by atoms with Gasteiger partial charge in [0.1, 0.15) is 22.8 Å². The van der Waals surface area contributed by atoms with E-state index in [0.29, 0.717) is 17.8 Å². The number of halogens is 5. The summed E-state index contributed by atoms with van der Waals surface area (Å²) in [5.41, 5.74) is 4.55. The van der Waals surface area contributed by atoms with Crippen molar-refractivity contribution in [3.63, 3.8) is 0 Å². The summed E-state index contributed by atoms with van der Waals surface area (Å²) in [4.78, 5) is 21.4. The van der Waals surface area contributed by atoms with Gasteiger partial charge in [-0.2, -0.15) is 22.5 Å². The molecule has 0 spiro atoms. The van der Waals surface area contributed by atoms with E-state index in [-0.39, 0.29) is 53.8 Å². The number of anilines is 1. The van der Waals surface area contributed by atoms with Gasteiger partial charge in [0.25, 0.3) is 5.88 Å². The minimum atomic E-state index is -4.25. The maximum Gasteiger partial charge on any atom is 0.391 e. The van der Waals surface area contributed by atoms with Gasteiger partial charge in [-0.25, -0.2) is 15.0 Å². The van der Waals surface area contributed by atoms with Crippen LogP contribution < -0.4 is 9.64 Å². The van der Waals surface area contributed by atoms with Crippen LogP contribution >= 0.6 is 11.6 Å². The SMILES string of the molecule is C=C=C(c1nc(C)nc(OC2CCC(C(F)(F)F)CC2)c1F)c1c(N(C)Cc2cnc[nH]2)ccnc1Cl. The molecule has 0 amide bonds. The first-order valence-corrected chi connectivity index (χ1v) is 12.0. The molecule has 1 aliphatic rings. The standard InChI is InChI=1S/C25H25ClF4N6O/c1-4-18(20-19(9-10-32-23(20)26)36(3)12-16-11-31-13-33-16)22-21(27)24(35-14(2)34-22)37-17-7-5-15(6-8-17)25(28,29)30/h9-11,13,15,17H,1,5-8,12H2,2-3H3,(H,31,33). The minimum Gasteiger partial charge on any atom is -0.472 e. The molecule has 0 aliphatic heterocycles. The molecule has 1 N–H and O–H groups in total. The summed E-state index contributed by atoms with van der Waals surface area (Å²) in [7, 11) is 1.82. The maximum absolute atomic E-state index is 15.8. The number of alkyl halides is 3. The summed E-state index contributed by atoms with van der Waals surface area (Å²) >= 11 is 6.48. The lowest BCUT2D eigenvalue weighted by atomic mass is 9.87. The Morgan fingerprint density at radius 3 is 2.62 bits per heavy atom. The fourth-order valence-corrected chi connectivity index (χ4v) is 4.67. The van der Waals surface area contributed by atoms with E-state index in [9.17, 15) is 13.2 Å². The molecule has 0 aromatic carbocycles. The Balaban J connectivity index is 1.65. The third-order valence-corrected chi connectivity index (χ3v) is 6.55. The van der Waals surface area contributed by atoms with Crippen LogP contribution in [0.5, 0.6) is 5.88 Å². The highest BCUT2D eigenvalue weighted by atomic mass is 35.5. The molecule has 196 valence electrons. The van der Waals surface area contributed by atoms with Crippen LogP contribution in [-0.2, 0) is 6.54 Å². The van der Waals surface area contributed by atoms with Crippen molar-refractivity contribution in [3.05, 3.63) is 70.8 Å². The molecule has 4 rings (SSSR count). The van der Waals surface area contributed by atoms with Crippen molar-refractivity contribution < 1.29 is 22.3 Å². The Kier molecular flexibility index (Phi) is 7.85. The molecule has 0 atom stereocenters. The zero-order valence-electron chi connectivity index (χ0n) is 20.2. The zero-order valence-corrected chi connectivity index (χ0v) is 21.0. The summed E-state index contributed by atoms with van der Waals surface area (Å²) in [5, 5.41) is 0.0868. The number of nitrogens with one attached hydrogen (secondary N) is 1. The molecule has 1 aliphatic carbocycles. The van der Waals surface area contributed by atoms with Gasteiger partial charge in [-0.05, 0) is 38.7 Å². The van der Waals surface area contributed by atoms with Gasteiger partial charge in [-0.1, -0.05) is 18.2 Å². The minimum absolute atomic E-state index is 0.0815. The summed E-state index contributed by atoms with van der Waals surface area (Å²) in [6, 6.07) is 1.72. The van der Waals surface area contributed by atoms with Crippen molar-refractivity contribution in [1.29, 1.82) is 0 Å². The fraction of sp³-hybridized carbons (Fsp3) is 0.400. The lowest BCUT2D eigenvalue weighted by Gasteiger charge is -2.30. The number of hydrogen-bond acceptors (Lipinski definition) is 6. The number of aryl methyl sites for hydroxylation is 1. The highest BCUT2D eigenvalue weighted by molar-refractivity contribution is 6.32. The Morgan fingerprint density at radius 2 is 2.00 bits per heavy atom. The summed E-state index contributed by atoms with van der Waals surface area (Å²) < 4.78 is 60.6. The second-order valence-corrected chi connectivity index (χ2v) is 9.21. The number of ether oxygens (including phenoxy) is 1. The van der Waals surface area contributed by atoms with Crippen molar-refractivity contribution in [1.82, 2.24) is 24.9 Å². The molecule has 7 nitrogen and oxygen atoms in total.